The minimum Gasteiger partial charge on any atom is -0.369 e. The van der Waals surface area contributed by atoms with Gasteiger partial charge in [-0.3, -0.25) is 4.79 Å². The van der Waals surface area contributed by atoms with E-state index in [0.29, 0.717) is 6.42 Å². The molecule has 0 saturated carbocycles. The molecule has 2 rings (SSSR count). The number of benzene rings is 2. The Morgan fingerprint density at radius 3 is 2.00 bits per heavy atom. The van der Waals surface area contributed by atoms with Crippen LogP contribution in [0.15, 0.2) is 48.5 Å². The Morgan fingerprint density at radius 2 is 1.57 bits per heavy atom. The monoisotopic (exact) mass is 335 g/mol. The molecule has 0 bridgehead atoms. The molecule has 1 amide bonds. The van der Waals surface area contributed by atoms with Crippen molar-refractivity contribution >= 4 is 18.3 Å². The highest BCUT2D eigenvalue weighted by Gasteiger charge is 2.19. The molecular weight excluding hydrogens is 313 g/mol. The zero-order chi connectivity index (χ0) is 16.3. The summed E-state index contributed by atoms with van der Waals surface area (Å²) in [5.74, 6) is -1.16. The van der Waals surface area contributed by atoms with Crippen molar-refractivity contribution in [2.24, 2.45) is 5.73 Å². The lowest BCUT2D eigenvalue weighted by atomic mass is 9.85. The van der Waals surface area contributed by atoms with Crippen molar-refractivity contribution in [1.29, 1.82) is 0 Å². The summed E-state index contributed by atoms with van der Waals surface area (Å²) in [5, 5.41) is 0. The summed E-state index contributed by atoms with van der Waals surface area (Å²) in [6.45, 7) is 6.48. The van der Waals surface area contributed by atoms with Gasteiger partial charge in [-0.15, -0.1) is 12.4 Å². The van der Waals surface area contributed by atoms with Gasteiger partial charge in [-0.1, -0.05) is 57.2 Å². The largest absolute Gasteiger partial charge is 0.369 e. The first-order chi connectivity index (χ1) is 10.3. The van der Waals surface area contributed by atoms with Gasteiger partial charge in [-0.25, -0.2) is 4.39 Å². The zero-order valence-corrected chi connectivity index (χ0v) is 14.5. The standard InChI is InChI=1S/C19H22FNO.ClH/c1-19(2,3)15-8-4-13(5-9-15)12-17(18(21)22)14-6-10-16(20)11-7-14;/h4-11,17H,12H2,1-3H3,(H2,21,22);1H. The minimum absolute atomic E-state index is 0. The van der Waals surface area contributed by atoms with Gasteiger partial charge in [0.25, 0.3) is 0 Å². The van der Waals surface area contributed by atoms with E-state index in [1.165, 1.54) is 17.7 Å². The number of primary amides is 1. The smallest absolute Gasteiger partial charge is 0.225 e. The van der Waals surface area contributed by atoms with Crippen LogP contribution in [0.5, 0.6) is 0 Å². The quantitative estimate of drug-likeness (QED) is 0.886. The van der Waals surface area contributed by atoms with Crippen molar-refractivity contribution < 1.29 is 9.18 Å². The van der Waals surface area contributed by atoms with Crippen molar-refractivity contribution in [2.45, 2.75) is 38.5 Å². The van der Waals surface area contributed by atoms with Crippen LogP contribution in [-0.4, -0.2) is 5.91 Å². The molecule has 0 saturated heterocycles. The number of halogens is 2. The molecule has 4 heteroatoms. The van der Waals surface area contributed by atoms with Crippen LogP contribution in [0, 0.1) is 5.82 Å². The van der Waals surface area contributed by atoms with E-state index >= 15 is 0 Å². The molecule has 1 unspecified atom stereocenters. The van der Waals surface area contributed by atoms with Gasteiger partial charge in [0.15, 0.2) is 0 Å². The molecule has 0 heterocycles. The van der Waals surface area contributed by atoms with Gasteiger partial charge in [-0.05, 0) is 40.7 Å². The van der Waals surface area contributed by atoms with Gasteiger partial charge < -0.3 is 5.73 Å². The lowest BCUT2D eigenvalue weighted by molar-refractivity contribution is -0.119. The summed E-state index contributed by atoms with van der Waals surface area (Å²) in [4.78, 5) is 11.7. The number of rotatable bonds is 4. The summed E-state index contributed by atoms with van der Waals surface area (Å²) in [5.41, 5.74) is 8.65. The normalized spacial score (nSPS) is 12.3. The van der Waals surface area contributed by atoms with Gasteiger partial charge in [-0.2, -0.15) is 0 Å². The fraction of sp³-hybridized carbons (Fsp3) is 0.316. The van der Waals surface area contributed by atoms with Crippen molar-refractivity contribution in [3.8, 4) is 0 Å². The zero-order valence-electron chi connectivity index (χ0n) is 13.7. The van der Waals surface area contributed by atoms with Gasteiger partial charge >= 0.3 is 0 Å². The molecule has 0 aliphatic heterocycles. The average Bonchev–Trinajstić information content (AvgIpc) is 2.45. The Hall–Kier alpha value is -1.87. The minimum atomic E-state index is -0.443. The summed E-state index contributed by atoms with van der Waals surface area (Å²) in [6, 6.07) is 14.2. The van der Waals surface area contributed by atoms with E-state index in [-0.39, 0.29) is 23.6 Å². The lowest BCUT2D eigenvalue weighted by Gasteiger charge is -2.20. The highest BCUT2D eigenvalue weighted by molar-refractivity contribution is 5.85. The molecular formula is C19H23ClFNO. The Bertz CT molecular complexity index is 645. The maximum absolute atomic E-state index is 13.0. The third-order valence-electron chi connectivity index (χ3n) is 3.88. The number of carbonyl (C=O) groups excluding carboxylic acids is 1. The fourth-order valence-corrected chi connectivity index (χ4v) is 2.45. The summed E-state index contributed by atoms with van der Waals surface area (Å²) >= 11 is 0. The molecule has 0 radical (unpaired) electrons. The van der Waals surface area contributed by atoms with Crippen LogP contribution in [0.1, 0.15) is 43.4 Å². The predicted molar refractivity (Wildman–Crippen MR) is 94.4 cm³/mol. The van der Waals surface area contributed by atoms with Crippen LogP contribution in [0.2, 0.25) is 0 Å². The summed E-state index contributed by atoms with van der Waals surface area (Å²) in [7, 11) is 0. The molecule has 0 aliphatic carbocycles. The number of nitrogens with two attached hydrogens (primary N) is 1. The molecule has 1 atom stereocenters. The van der Waals surface area contributed by atoms with Crippen LogP contribution in [0.4, 0.5) is 4.39 Å². The SMILES string of the molecule is CC(C)(C)c1ccc(CC(C(N)=O)c2ccc(F)cc2)cc1.Cl. The third-order valence-corrected chi connectivity index (χ3v) is 3.88. The molecule has 0 fully saturated rings. The first-order valence-electron chi connectivity index (χ1n) is 7.41. The first kappa shape index (κ1) is 19.2. The van der Waals surface area contributed by atoms with Crippen molar-refractivity contribution in [1.82, 2.24) is 0 Å². The molecule has 2 N–H and O–H groups in total. The predicted octanol–water partition coefficient (Wildman–Crippen LogP) is 4.36. The molecule has 23 heavy (non-hydrogen) atoms. The molecule has 2 aromatic carbocycles. The Kier molecular flexibility index (Phi) is 6.34. The van der Waals surface area contributed by atoms with Crippen molar-refractivity contribution in [3.05, 3.63) is 71.0 Å². The summed E-state index contributed by atoms with van der Waals surface area (Å²) in [6.07, 6.45) is 0.519. The maximum atomic E-state index is 13.0. The second-order valence-corrected chi connectivity index (χ2v) is 6.66. The van der Waals surface area contributed by atoms with Crippen LogP contribution in [0.25, 0.3) is 0 Å². The highest BCUT2D eigenvalue weighted by Crippen LogP contribution is 2.25. The van der Waals surface area contributed by atoms with Crippen molar-refractivity contribution in [3.63, 3.8) is 0 Å². The Morgan fingerprint density at radius 1 is 1.04 bits per heavy atom. The molecule has 0 spiro atoms. The number of amides is 1. The number of carbonyl (C=O) groups is 1. The van der Waals surface area contributed by atoms with Gasteiger partial charge in [0.05, 0.1) is 5.92 Å². The summed E-state index contributed by atoms with van der Waals surface area (Å²) < 4.78 is 13.0. The van der Waals surface area contributed by atoms with E-state index in [0.717, 1.165) is 11.1 Å². The fourth-order valence-electron chi connectivity index (χ4n) is 2.45. The van der Waals surface area contributed by atoms with E-state index in [9.17, 15) is 9.18 Å². The maximum Gasteiger partial charge on any atom is 0.225 e. The van der Waals surface area contributed by atoms with Crippen LogP contribution < -0.4 is 5.73 Å². The molecule has 0 aromatic heterocycles. The molecule has 0 aliphatic rings. The Balaban J connectivity index is 0.00000264. The third kappa shape index (κ3) is 5.07. The Labute approximate surface area is 143 Å². The van der Waals surface area contributed by atoms with Crippen LogP contribution >= 0.6 is 12.4 Å². The van der Waals surface area contributed by atoms with Gasteiger partial charge in [0.1, 0.15) is 5.82 Å². The van der Waals surface area contributed by atoms with E-state index in [1.54, 1.807) is 12.1 Å². The van der Waals surface area contributed by atoms with E-state index in [4.69, 9.17) is 5.73 Å². The average molecular weight is 336 g/mol. The lowest BCUT2D eigenvalue weighted by Crippen LogP contribution is -2.23. The van der Waals surface area contributed by atoms with Crippen LogP contribution in [-0.2, 0) is 16.6 Å². The van der Waals surface area contributed by atoms with E-state index in [2.05, 4.69) is 32.9 Å². The second kappa shape index (κ2) is 7.60. The van der Waals surface area contributed by atoms with E-state index < -0.39 is 11.8 Å². The molecule has 124 valence electrons. The van der Waals surface area contributed by atoms with Gasteiger partial charge in [0, 0.05) is 0 Å². The molecule has 2 aromatic rings. The topological polar surface area (TPSA) is 43.1 Å². The number of hydrogen-bond donors (Lipinski definition) is 1. The second-order valence-electron chi connectivity index (χ2n) is 6.66. The van der Waals surface area contributed by atoms with E-state index in [1.807, 2.05) is 12.1 Å². The first-order valence-corrected chi connectivity index (χ1v) is 7.41. The van der Waals surface area contributed by atoms with Crippen molar-refractivity contribution in [2.75, 3.05) is 0 Å². The van der Waals surface area contributed by atoms with Gasteiger partial charge in [0.2, 0.25) is 5.91 Å². The molecule has 2 nitrogen and oxygen atoms in total. The number of hydrogen-bond acceptors (Lipinski definition) is 1. The van der Waals surface area contributed by atoms with Crippen LogP contribution in [0.3, 0.4) is 0 Å². The highest BCUT2D eigenvalue weighted by atomic mass is 35.5.